The first-order valence-corrected chi connectivity index (χ1v) is 23.4. The lowest BCUT2D eigenvalue weighted by molar-refractivity contribution is 1.29. The van der Waals surface area contributed by atoms with Crippen LogP contribution in [0.1, 0.15) is 0 Å². The number of benzene rings is 13. The predicted molar refractivity (Wildman–Crippen MR) is 292 cm³/mol. The van der Waals surface area contributed by atoms with Crippen LogP contribution in [0.15, 0.2) is 267 Å². The molecule has 0 radical (unpaired) electrons. The first-order chi connectivity index (χ1) is 33.7. The van der Waals surface area contributed by atoms with E-state index in [0.29, 0.717) is 0 Å². The Bertz CT molecular complexity index is 3780. The van der Waals surface area contributed by atoms with Gasteiger partial charge in [-0.15, -0.1) is 0 Å². The minimum atomic E-state index is 1.09. The molecule has 0 amide bonds. The fourth-order valence-electron chi connectivity index (χ4n) is 10.5. The van der Waals surface area contributed by atoms with Crippen molar-refractivity contribution in [2.24, 2.45) is 0 Å². The molecule has 0 atom stereocenters. The van der Waals surface area contributed by atoms with E-state index in [1.807, 2.05) is 0 Å². The van der Waals surface area contributed by atoms with Gasteiger partial charge >= 0.3 is 0 Å². The molecule has 0 aromatic heterocycles. The molecule has 0 spiro atoms. The van der Waals surface area contributed by atoms with Gasteiger partial charge in [-0.3, -0.25) is 0 Å². The van der Waals surface area contributed by atoms with Gasteiger partial charge in [-0.05, 0) is 172 Å². The molecule has 0 aliphatic rings. The van der Waals surface area contributed by atoms with E-state index in [-0.39, 0.29) is 0 Å². The van der Waals surface area contributed by atoms with E-state index < -0.39 is 0 Å². The Morgan fingerprint density at radius 3 is 0.853 bits per heavy atom. The topological polar surface area (TPSA) is 6.48 Å². The molecule has 0 bridgehead atoms. The first kappa shape index (κ1) is 39.4. The molecule has 2 heteroatoms. The summed E-state index contributed by atoms with van der Waals surface area (Å²) in [6.07, 6.45) is 0. The van der Waals surface area contributed by atoms with Crippen LogP contribution in [0, 0.1) is 0 Å². The molecular weight excluding hydrogens is 821 g/mol. The third kappa shape index (κ3) is 6.90. The van der Waals surface area contributed by atoms with E-state index in [4.69, 9.17) is 0 Å². The third-order valence-corrected chi connectivity index (χ3v) is 13.7. The number of anilines is 6. The number of para-hydroxylation sites is 2. The summed E-state index contributed by atoms with van der Waals surface area (Å²) >= 11 is 0. The normalized spacial score (nSPS) is 11.5. The van der Waals surface area contributed by atoms with Crippen LogP contribution in [0.25, 0.3) is 86.9 Å². The van der Waals surface area contributed by atoms with Crippen LogP contribution in [0.2, 0.25) is 0 Å². The zero-order valence-electron chi connectivity index (χ0n) is 37.3. The second-order valence-corrected chi connectivity index (χ2v) is 17.7. The van der Waals surface area contributed by atoms with Crippen molar-refractivity contribution >= 4 is 98.8 Å². The van der Waals surface area contributed by atoms with Crippen LogP contribution in [0.3, 0.4) is 0 Å². The molecule has 13 aromatic carbocycles. The summed E-state index contributed by atoms with van der Waals surface area (Å²) in [6.45, 7) is 0. The zero-order valence-corrected chi connectivity index (χ0v) is 37.3. The second kappa shape index (κ2) is 16.5. The molecule has 13 aromatic rings. The van der Waals surface area contributed by atoms with Crippen molar-refractivity contribution in [3.8, 4) is 22.3 Å². The molecule has 0 aliphatic carbocycles. The van der Waals surface area contributed by atoms with Crippen LogP contribution >= 0.6 is 0 Å². The van der Waals surface area contributed by atoms with Crippen molar-refractivity contribution in [3.63, 3.8) is 0 Å². The smallest absolute Gasteiger partial charge is 0.0468 e. The van der Waals surface area contributed by atoms with Gasteiger partial charge < -0.3 is 9.80 Å². The van der Waals surface area contributed by atoms with Crippen molar-refractivity contribution < 1.29 is 0 Å². The average Bonchev–Trinajstić information content (AvgIpc) is 3.40. The fraction of sp³-hybridized carbons (Fsp3) is 0. The van der Waals surface area contributed by atoms with Crippen molar-refractivity contribution in [1.82, 2.24) is 0 Å². The Kier molecular flexibility index (Phi) is 9.54. The first-order valence-electron chi connectivity index (χ1n) is 23.4. The van der Waals surface area contributed by atoms with Gasteiger partial charge in [-0.1, -0.05) is 182 Å². The van der Waals surface area contributed by atoms with Gasteiger partial charge in [0, 0.05) is 34.1 Å². The quantitative estimate of drug-likeness (QED) is 0.140. The summed E-state index contributed by atoms with van der Waals surface area (Å²) in [7, 11) is 0. The highest BCUT2D eigenvalue weighted by Gasteiger charge is 2.23. The fourth-order valence-corrected chi connectivity index (χ4v) is 10.5. The predicted octanol–water partition coefficient (Wildman–Crippen LogP) is 18.9. The van der Waals surface area contributed by atoms with E-state index >= 15 is 0 Å². The molecule has 0 heterocycles. The molecule has 13 rings (SSSR count). The van der Waals surface area contributed by atoms with E-state index in [1.165, 1.54) is 86.9 Å². The zero-order chi connectivity index (χ0) is 45.0. The number of rotatable bonds is 8. The average molecular weight is 865 g/mol. The van der Waals surface area contributed by atoms with E-state index in [0.717, 1.165) is 34.1 Å². The summed E-state index contributed by atoms with van der Waals surface area (Å²) in [5, 5.41) is 14.5. The number of hydrogen-bond donors (Lipinski definition) is 0. The highest BCUT2D eigenvalue weighted by atomic mass is 15.1. The summed E-state index contributed by atoms with van der Waals surface area (Å²) in [5.41, 5.74) is 11.4. The summed E-state index contributed by atoms with van der Waals surface area (Å²) in [6, 6.07) is 98.0. The van der Waals surface area contributed by atoms with Crippen LogP contribution in [0.4, 0.5) is 34.1 Å². The van der Waals surface area contributed by atoms with Crippen LogP contribution < -0.4 is 9.80 Å². The van der Waals surface area contributed by atoms with Gasteiger partial charge in [0.15, 0.2) is 0 Å². The Hall–Kier alpha value is -8.98. The molecule has 0 saturated carbocycles. The minimum absolute atomic E-state index is 1.09. The summed E-state index contributed by atoms with van der Waals surface area (Å²) in [4.78, 5) is 4.81. The molecular formula is C66H44N2. The number of nitrogens with zero attached hydrogens (tertiary/aromatic N) is 2. The van der Waals surface area contributed by atoms with Crippen LogP contribution in [-0.2, 0) is 0 Å². The maximum absolute atomic E-state index is 2.44. The Morgan fingerprint density at radius 1 is 0.176 bits per heavy atom. The molecule has 0 fully saturated rings. The van der Waals surface area contributed by atoms with Crippen LogP contribution in [-0.4, -0.2) is 0 Å². The lowest BCUT2D eigenvalue weighted by Crippen LogP contribution is -2.10. The minimum Gasteiger partial charge on any atom is -0.310 e. The molecule has 0 N–H and O–H groups in total. The Balaban J connectivity index is 1.13. The van der Waals surface area contributed by atoms with Gasteiger partial charge in [0.25, 0.3) is 0 Å². The molecule has 0 aliphatic heterocycles. The van der Waals surface area contributed by atoms with Gasteiger partial charge in [-0.2, -0.15) is 0 Å². The third-order valence-electron chi connectivity index (χ3n) is 13.7. The highest BCUT2D eigenvalue weighted by molar-refractivity contribution is 6.23. The Morgan fingerprint density at radius 2 is 0.471 bits per heavy atom. The molecule has 318 valence electrons. The van der Waals surface area contributed by atoms with Crippen molar-refractivity contribution in [2.75, 3.05) is 9.80 Å². The number of hydrogen-bond acceptors (Lipinski definition) is 2. The molecule has 0 saturated heterocycles. The molecule has 0 unspecified atom stereocenters. The van der Waals surface area contributed by atoms with Gasteiger partial charge in [0.05, 0.1) is 0 Å². The van der Waals surface area contributed by atoms with Crippen molar-refractivity contribution in [3.05, 3.63) is 267 Å². The van der Waals surface area contributed by atoms with E-state index in [9.17, 15) is 0 Å². The lowest BCUT2D eigenvalue weighted by Gasteiger charge is -2.28. The van der Waals surface area contributed by atoms with Crippen LogP contribution in [0.5, 0.6) is 0 Å². The van der Waals surface area contributed by atoms with Crippen molar-refractivity contribution in [2.45, 2.75) is 0 Å². The largest absolute Gasteiger partial charge is 0.310 e. The Labute approximate surface area is 395 Å². The van der Waals surface area contributed by atoms with Gasteiger partial charge in [0.1, 0.15) is 0 Å². The highest BCUT2D eigenvalue weighted by Crippen LogP contribution is 2.49. The standard InChI is InChI=1S/C66H44N2/c1-3-23-55(24-4-1)67(57-33-31-47-17-9-13-21-51(47)41-57)59-35-37-61-63(43-59)65(53-29-27-45-15-7-11-19-49(45)39-53)62-38-36-60(44-64(62)66(61)54-30-28-46-16-8-12-20-50(46)40-54)68(56-25-5-2-6-26-56)58-34-32-48-18-10-14-22-52(48)42-58/h1-44H. The maximum atomic E-state index is 2.44. The van der Waals surface area contributed by atoms with Gasteiger partial charge in [-0.25, -0.2) is 0 Å². The van der Waals surface area contributed by atoms with E-state index in [1.54, 1.807) is 0 Å². The van der Waals surface area contributed by atoms with Gasteiger partial charge in [0.2, 0.25) is 0 Å². The molecule has 2 nitrogen and oxygen atoms in total. The van der Waals surface area contributed by atoms with Crippen molar-refractivity contribution in [1.29, 1.82) is 0 Å². The summed E-state index contributed by atoms with van der Waals surface area (Å²) in [5.74, 6) is 0. The maximum Gasteiger partial charge on any atom is 0.0468 e. The number of fused-ring (bicyclic) bond motifs is 6. The SMILES string of the molecule is c1ccc(N(c2ccc3ccccc3c2)c2ccc3c(-c4ccc5ccccc5c4)c4cc(N(c5ccccc5)c5ccc6ccccc6c5)ccc4c(-c4ccc5ccccc5c4)c3c2)cc1. The summed E-state index contributed by atoms with van der Waals surface area (Å²) < 4.78 is 0. The molecule has 68 heavy (non-hydrogen) atoms. The lowest BCUT2D eigenvalue weighted by atomic mass is 9.84. The monoisotopic (exact) mass is 864 g/mol. The second-order valence-electron chi connectivity index (χ2n) is 17.7. The van der Waals surface area contributed by atoms with E-state index in [2.05, 4.69) is 277 Å².